The Morgan fingerprint density at radius 2 is 1.76 bits per heavy atom. The van der Waals surface area contributed by atoms with Crippen LogP contribution in [0.3, 0.4) is 0 Å². The Kier molecular flexibility index (Phi) is 3.94. The zero-order valence-electron chi connectivity index (χ0n) is 13.1. The van der Waals surface area contributed by atoms with Gasteiger partial charge in [-0.3, -0.25) is 0 Å². The highest BCUT2D eigenvalue weighted by molar-refractivity contribution is 7.88. The van der Waals surface area contributed by atoms with Crippen LogP contribution in [-0.4, -0.2) is 28.5 Å². The zero-order valence-corrected chi connectivity index (χ0v) is 13.9. The third-order valence-corrected chi connectivity index (χ3v) is 4.34. The number of benzene rings is 1. The van der Waals surface area contributed by atoms with E-state index in [4.69, 9.17) is 0 Å². The van der Waals surface area contributed by atoms with E-state index in [9.17, 15) is 21.6 Å². The Labute approximate surface area is 141 Å². The summed E-state index contributed by atoms with van der Waals surface area (Å²) in [5, 5.41) is 3.88. The van der Waals surface area contributed by atoms with E-state index in [0.29, 0.717) is 17.0 Å². The molecule has 3 rings (SSSR count). The van der Waals surface area contributed by atoms with Crippen molar-refractivity contribution in [1.29, 1.82) is 0 Å². The lowest BCUT2D eigenvalue weighted by Crippen LogP contribution is -2.28. The van der Waals surface area contributed by atoms with Crippen LogP contribution in [0.25, 0.3) is 16.8 Å². The second-order valence-electron chi connectivity index (χ2n) is 5.30. The van der Waals surface area contributed by atoms with Gasteiger partial charge in [0.25, 0.3) is 5.88 Å². The Balaban J connectivity index is 2.30. The molecule has 2 heterocycles. The molecule has 0 atom stereocenters. The maximum atomic E-state index is 12.7. The molecule has 0 aliphatic heterocycles. The summed E-state index contributed by atoms with van der Waals surface area (Å²) in [6.45, 7) is 3.38. The molecule has 6 nitrogen and oxygen atoms in total. The van der Waals surface area contributed by atoms with E-state index in [1.807, 2.05) is 0 Å². The molecule has 10 heteroatoms. The van der Waals surface area contributed by atoms with Crippen molar-refractivity contribution in [2.75, 3.05) is 0 Å². The fraction of sp³-hybridized carbons (Fsp3) is 0.200. The standard InChI is InChI=1S/C15H12F3N3O3S/c1-9-8-10(2)21-13(19-9)12(11-6-4-3-5-7-11)14(20-21)24-25(22,23)15(16,17)18/h3-8H,1-2H3. The van der Waals surface area contributed by atoms with E-state index in [1.54, 1.807) is 50.2 Å². The van der Waals surface area contributed by atoms with Gasteiger partial charge in [-0.05, 0) is 25.5 Å². The third kappa shape index (κ3) is 3.04. The van der Waals surface area contributed by atoms with Crippen LogP contribution in [0.5, 0.6) is 5.88 Å². The van der Waals surface area contributed by atoms with Gasteiger partial charge in [0.2, 0.25) is 0 Å². The molecule has 0 saturated heterocycles. The van der Waals surface area contributed by atoms with Crippen molar-refractivity contribution in [3.63, 3.8) is 0 Å². The molecule has 25 heavy (non-hydrogen) atoms. The van der Waals surface area contributed by atoms with E-state index in [2.05, 4.69) is 14.3 Å². The summed E-state index contributed by atoms with van der Waals surface area (Å²) >= 11 is 0. The molecule has 0 spiro atoms. The topological polar surface area (TPSA) is 73.6 Å². The Hall–Kier alpha value is -2.62. The quantitative estimate of drug-likeness (QED) is 0.522. The van der Waals surface area contributed by atoms with Gasteiger partial charge in [-0.2, -0.15) is 21.6 Å². The van der Waals surface area contributed by atoms with Crippen LogP contribution in [0.2, 0.25) is 0 Å². The predicted octanol–water partition coefficient (Wildman–Crippen LogP) is 3.24. The second-order valence-corrected chi connectivity index (χ2v) is 6.84. The van der Waals surface area contributed by atoms with Crippen LogP contribution >= 0.6 is 0 Å². The maximum Gasteiger partial charge on any atom is 0.534 e. The van der Waals surface area contributed by atoms with E-state index >= 15 is 0 Å². The van der Waals surface area contributed by atoms with Gasteiger partial charge in [0.1, 0.15) is 0 Å². The van der Waals surface area contributed by atoms with Crippen molar-refractivity contribution < 1.29 is 25.8 Å². The van der Waals surface area contributed by atoms with Crippen LogP contribution in [-0.2, 0) is 10.1 Å². The van der Waals surface area contributed by atoms with Gasteiger partial charge in [-0.15, -0.1) is 5.10 Å². The normalized spacial score (nSPS) is 12.5. The summed E-state index contributed by atoms with van der Waals surface area (Å²) in [5.74, 6) is -0.676. The highest BCUT2D eigenvalue weighted by Gasteiger charge is 2.49. The summed E-state index contributed by atoms with van der Waals surface area (Å²) in [6, 6.07) is 9.89. The smallest absolute Gasteiger partial charge is 0.353 e. The van der Waals surface area contributed by atoms with Gasteiger partial charge >= 0.3 is 15.6 Å². The molecule has 2 aromatic heterocycles. The number of rotatable bonds is 3. The van der Waals surface area contributed by atoms with Gasteiger partial charge in [0, 0.05) is 11.4 Å². The molecule has 0 amide bonds. The van der Waals surface area contributed by atoms with E-state index in [1.165, 1.54) is 4.52 Å². The first-order chi connectivity index (χ1) is 11.6. The van der Waals surface area contributed by atoms with Gasteiger partial charge in [-0.1, -0.05) is 30.3 Å². The number of halogens is 3. The van der Waals surface area contributed by atoms with Crippen LogP contribution in [0, 0.1) is 13.8 Å². The Morgan fingerprint density at radius 1 is 1.12 bits per heavy atom. The van der Waals surface area contributed by atoms with Crippen LogP contribution in [0.4, 0.5) is 13.2 Å². The van der Waals surface area contributed by atoms with E-state index in [-0.39, 0.29) is 11.2 Å². The third-order valence-electron chi connectivity index (χ3n) is 3.40. The molecule has 3 aromatic rings. The molecule has 0 radical (unpaired) electrons. The lowest BCUT2D eigenvalue weighted by atomic mass is 10.1. The first kappa shape index (κ1) is 17.2. The monoisotopic (exact) mass is 371 g/mol. The molecule has 0 N–H and O–H groups in total. The molecule has 0 fully saturated rings. The first-order valence-corrected chi connectivity index (χ1v) is 8.44. The molecule has 132 valence electrons. The molecule has 0 aliphatic rings. The summed E-state index contributed by atoms with van der Waals surface area (Å²) in [5.41, 5.74) is -3.68. The lowest BCUT2D eigenvalue weighted by molar-refractivity contribution is -0.0501. The molecule has 0 unspecified atom stereocenters. The van der Waals surface area contributed by atoms with Crippen molar-refractivity contribution in [2.24, 2.45) is 0 Å². The molecular weight excluding hydrogens is 359 g/mol. The molecule has 0 bridgehead atoms. The number of nitrogens with zero attached hydrogens (tertiary/aromatic N) is 3. The van der Waals surface area contributed by atoms with Gasteiger partial charge in [0.05, 0.1) is 5.56 Å². The first-order valence-electron chi connectivity index (χ1n) is 7.03. The predicted molar refractivity (Wildman–Crippen MR) is 83.5 cm³/mol. The Bertz CT molecular complexity index is 1040. The van der Waals surface area contributed by atoms with Gasteiger partial charge in [-0.25, -0.2) is 9.50 Å². The number of aromatic nitrogens is 3. The highest BCUT2D eigenvalue weighted by atomic mass is 32.2. The summed E-state index contributed by atoms with van der Waals surface area (Å²) in [4.78, 5) is 4.27. The van der Waals surface area contributed by atoms with Crippen LogP contribution in [0.15, 0.2) is 36.4 Å². The minimum absolute atomic E-state index is 0.0697. The van der Waals surface area contributed by atoms with Gasteiger partial charge < -0.3 is 4.18 Å². The second kappa shape index (κ2) is 5.73. The maximum absolute atomic E-state index is 12.7. The summed E-state index contributed by atoms with van der Waals surface area (Å²) in [6.07, 6.45) is 0. The van der Waals surface area contributed by atoms with E-state index < -0.39 is 21.5 Å². The Morgan fingerprint density at radius 3 is 2.36 bits per heavy atom. The van der Waals surface area contributed by atoms with Crippen molar-refractivity contribution >= 4 is 15.8 Å². The van der Waals surface area contributed by atoms with Crippen molar-refractivity contribution in [3.8, 4) is 17.0 Å². The molecule has 1 aromatic carbocycles. The van der Waals surface area contributed by atoms with Crippen LogP contribution < -0.4 is 4.18 Å². The fourth-order valence-corrected chi connectivity index (χ4v) is 2.79. The van der Waals surface area contributed by atoms with E-state index in [0.717, 1.165) is 0 Å². The molecular formula is C15H12F3N3O3S. The van der Waals surface area contributed by atoms with Crippen molar-refractivity contribution in [2.45, 2.75) is 19.4 Å². The summed E-state index contributed by atoms with van der Waals surface area (Å²) in [7, 11) is -5.86. The SMILES string of the molecule is Cc1cc(C)n2nc(OS(=O)(=O)C(F)(F)F)c(-c3ccccc3)c2n1. The lowest BCUT2D eigenvalue weighted by Gasteiger charge is -2.08. The van der Waals surface area contributed by atoms with Crippen molar-refractivity contribution in [3.05, 3.63) is 47.8 Å². The fourth-order valence-electron chi connectivity index (χ4n) is 2.37. The minimum atomic E-state index is -5.86. The summed E-state index contributed by atoms with van der Waals surface area (Å²) < 4.78 is 66.5. The zero-order chi connectivity index (χ0) is 18.4. The number of aryl methyl sites for hydroxylation is 2. The number of hydrogen-bond donors (Lipinski definition) is 0. The average Bonchev–Trinajstić information content (AvgIpc) is 2.84. The number of hydrogen-bond acceptors (Lipinski definition) is 5. The molecule has 0 saturated carbocycles. The van der Waals surface area contributed by atoms with Gasteiger partial charge in [0.15, 0.2) is 5.65 Å². The minimum Gasteiger partial charge on any atom is -0.353 e. The average molecular weight is 371 g/mol. The largest absolute Gasteiger partial charge is 0.534 e. The number of fused-ring (bicyclic) bond motifs is 1. The molecule has 0 aliphatic carbocycles. The highest BCUT2D eigenvalue weighted by Crippen LogP contribution is 2.36. The van der Waals surface area contributed by atoms with Crippen LogP contribution in [0.1, 0.15) is 11.4 Å². The van der Waals surface area contributed by atoms with Crippen molar-refractivity contribution in [1.82, 2.24) is 14.6 Å². The number of alkyl halides is 3.